The van der Waals surface area contributed by atoms with Crippen molar-refractivity contribution in [2.24, 2.45) is 5.92 Å². The molecule has 0 N–H and O–H groups in total. The number of likely N-dealkylation sites (tertiary alicyclic amines) is 1. The lowest BCUT2D eigenvalue weighted by Crippen LogP contribution is -2.46. The minimum Gasteiger partial charge on any atom is -0.466 e. The van der Waals surface area contributed by atoms with Crippen LogP contribution in [-0.2, 0) is 14.3 Å². The predicted molar refractivity (Wildman–Crippen MR) is 90.7 cm³/mol. The topological polar surface area (TPSA) is 75.6 Å². The van der Waals surface area contributed by atoms with Gasteiger partial charge in [-0.25, -0.2) is 9.97 Å². The van der Waals surface area contributed by atoms with Crippen molar-refractivity contribution in [1.82, 2.24) is 14.9 Å². The highest BCUT2D eigenvalue weighted by atomic mass is 16.5. The summed E-state index contributed by atoms with van der Waals surface area (Å²) in [5.41, 5.74) is 1.74. The minimum atomic E-state index is -0.217. The lowest BCUT2D eigenvalue weighted by Gasteiger charge is -2.32. The number of anilines is 1. The van der Waals surface area contributed by atoms with E-state index < -0.39 is 0 Å². The summed E-state index contributed by atoms with van der Waals surface area (Å²) < 4.78 is 5.08. The molecule has 0 bridgehead atoms. The van der Waals surface area contributed by atoms with E-state index >= 15 is 0 Å². The Balaban J connectivity index is 1.97. The standard InChI is InChI=1S/C17H26N4O3/c1-5-24-16(23)14-7-6-8-21(10-14)15(22)11-20(4)17-18-12(2)9-13(3)19-17/h9,14H,5-8,10-11H2,1-4H3. The number of piperidine rings is 1. The van der Waals surface area contributed by atoms with Crippen LogP contribution in [0.2, 0.25) is 0 Å². The van der Waals surface area contributed by atoms with E-state index in [1.54, 1.807) is 23.8 Å². The smallest absolute Gasteiger partial charge is 0.310 e. The molecule has 2 rings (SSSR count). The summed E-state index contributed by atoms with van der Waals surface area (Å²) in [6, 6.07) is 1.90. The molecule has 7 heteroatoms. The SMILES string of the molecule is CCOC(=O)C1CCCN(C(=O)CN(C)c2nc(C)cc(C)n2)C1. The molecule has 1 fully saturated rings. The van der Waals surface area contributed by atoms with Crippen molar-refractivity contribution < 1.29 is 14.3 Å². The second-order valence-corrected chi connectivity index (χ2v) is 6.24. The average molecular weight is 334 g/mol. The first-order chi connectivity index (χ1) is 11.4. The third-order valence-electron chi connectivity index (χ3n) is 4.08. The molecule has 1 aromatic rings. The van der Waals surface area contributed by atoms with Crippen molar-refractivity contribution in [3.8, 4) is 0 Å². The highest BCUT2D eigenvalue weighted by molar-refractivity contribution is 5.82. The Morgan fingerprint density at radius 2 is 2.00 bits per heavy atom. The van der Waals surface area contributed by atoms with Gasteiger partial charge in [0.25, 0.3) is 0 Å². The van der Waals surface area contributed by atoms with Crippen molar-refractivity contribution in [3.05, 3.63) is 17.5 Å². The highest BCUT2D eigenvalue weighted by Gasteiger charge is 2.29. The van der Waals surface area contributed by atoms with Crippen molar-refractivity contribution in [2.45, 2.75) is 33.6 Å². The molecule has 0 saturated carbocycles. The second-order valence-electron chi connectivity index (χ2n) is 6.24. The van der Waals surface area contributed by atoms with Gasteiger partial charge in [0.2, 0.25) is 11.9 Å². The predicted octanol–water partition coefficient (Wildman–Crippen LogP) is 1.33. The maximum atomic E-state index is 12.6. The lowest BCUT2D eigenvalue weighted by atomic mass is 9.98. The summed E-state index contributed by atoms with van der Waals surface area (Å²) in [6.07, 6.45) is 1.59. The first-order valence-corrected chi connectivity index (χ1v) is 8.38. The Labute approximate surface area is 143 Å². The molecule has 0 radical (unpaired) electrons. The van der Waals surface area contributed by atoms with Crippen molar-refractivity contribution in [3.63, 3.8) is 0 Å². The maximum Gasteiger partial charge on any atom is 0.310 e. The van der Waals surface area contributed by atoms with Crippen LogP contribution >= 0.6 is 0 Å². The van der Waals surface area contributed by atoms with Gasteiger partial charge in [0.05, 0.1) is 19.1 Å². The third-order valence-corrected chi connectivity index (χ3v) is 4.08. The molecule has 132 valence electrons. The summed E-state index contributed by atoms with van der Waals surface area (Å²) in [6.45, 7) is 7.28. The number of ether oxygens (including phenoxy) is 1. The van der Waals surface area contributed by atoms with E-state index in [9.17, 15) is 9.59 Å². The number of carbonyl (C=O) groups is 2. The molecular formula is C17H26N4O3. The number of rotatable bonds is 5. The Bertz CT molecular complexity index is 585. The van der Waals surface area contributed by atoms with Crippen LogP contribution in [0.3, 0.4) is 0 Å². The summed E-state index contributed by atoms with van der Waals surface area (Å²) in [5.74, 6) is 0.0977. The van der Waals surface area contributed by atoms with E-state index in [-0.39, 0.29) is 24.3 Å². The summed E-state index contributed by atoms with van der Waals surface area (Å²) in [5, 5.41) is 0. The van der Waals surface area contributed by atoms with Gasteiger partial charge < -0.3 is 14.5 Å². The third kappa shape index (κ3) is 4.66. The van der Waals surface area contributed by atoms with Crippen molar-refractivity contribution >= 4 is 17.8 Å². The number of nitrogens with zero attached hydrogens (tertiary/aromatic N) is 4. The Hall–Kier alpha value is -2.18. The maximum absolute atomic E-state index is 12.6. The molecule has 0 spiro atoms. The zero-order valence-electron chi connectivity index (χ0n) is 14.9. The molecule has 1 aliphatic rings. The summed E-state index contributed by atoms with van der Waals surface area (Å²) >= 11 is 0. The monoisotopic (exact) mass is 334 g/mol. The molecule has 24 heavy (non-hydrogen) atoms. The van der Waals surface area contributed by atoms with Crippen LogP contribution in [0.1, 0.15) is 31.2 Å². The number of aromatic nitrogens is 2. The molecule has 7 nitrogen and oxygen atoms in total. The first-order valence-electron chi connectivity index (χ1n) is 8.38. The van der Waals surface area contributed by atoms with Gasteiger partial charge in [0.15, 0.2) is 0 Å². The quantitative estimate of drug-likeness (QED) is 0.756. The zero-order valence-corrected chi connectivity index (χ0v) is 14.9. The number of aryl methyl sites for hydroxylation is 2. The van der Waals surface area contributed by atoms with E-state index in [2.05, 4.69) is 9.97 Å². The molecule has 1 unspecified atom stereocenters. The van der Waals surface area contributed by atoms with Gasteiger partial charge in [0.1, 0.15) is 0 Å². The van der Waals surface area contributed by atoms with Crippen LogP contribution in [0.15, 0.2) is 6.07 Å². The molecule has 2 heterocycles. The summed E-state index contributed by atoms with van der Waals surface area (Å²) in [4.78, 5) is 36.7. The molecular weight excluding hydrogens is 308 g/mol. The lowest BCUT2D eigenvalue weighted by molar-refractivity contribution is -0.151. The second kappa shape index (κ2) is 8.08. The van der Waals surface area contributed by atoms with Crippen LogP contribution < -0.4 is 4.90 Å². The molecule has 0 aromatic carbocycles. The Morgan fingerprint density at radius 3 is 2.62 bits per heavy atom. The van der Waals surface area contributed by atoms with Gasteiger partial charge in [-0.15, -0.1) is 0 Å². The van der Waals surface area contributed by atoms with Crippen LogP contribution in [0, 0.1) is 19.8 Å². The van der Waals surface area contributed by atoms with Gasteiger partial charge >= 0.3 is 5.97 Å². The number of esters is 1. The average Bonchev–Trinajstić information content (AvgIpc) is 2.54. The van der Waals surface area contributed by atoms with E-state index in [0.717, 1.165) is 24.2 Å². The molecule has 1 aromatic heterocycles. The van der Waals surface area contributed by atoms with E-state index in [1.807, 2.05) is 19.9 Å². The molecule has 1 aliphatic heterocycles. The number of carbonyl (C=O) groups excluding carboxylic acids is 2. The normalized spacial score (nSPS) is 17.5. The Morgan fingerprint density at radius 1 is 1.33 bits per heavy atom. The first kappa shape index (κ1) is 18.2. The van der Waals surface area contributed by atoms with Gasteiger partial charge in [0, 0.05) is 31.5 Å². The highest BCUT2D eigenvalue weighted by Crippen LogP contribution is 2.18. The van der Waals surface area contributed by atoms with Crippen molar-refractivity contribution in [1.29, 1.82) is 0 Å². The van der Waals surface area contributed by atoms with Crippen LogP contribution in [0.4, 0.5) is 5.95 Å². The molecule has 1 saturated heterocycles. The van der Waals surface area contributed by atoms with Gasteiger partial charge in [-0.2, -0.15) is 0 Å². The van der Waals surface area contributed by atoms with E-state index in [0.29, 0.717) is 25.6 Å². The van der Waals surface area contributed by atoms with E-state index in [1.165, 1.54) is 0 Å². The largest absolute Gasteiger partial charge is 0.466 e. The van der Waals surface area contributed by atoms with Crippen LogP contribution in [0.5, 0.6) is 0 Å². The summed E-state index contributed by atoms with van der Waals surface area (Å²) in [7, 11) is 1.80. The van der Waals surface area contributed by atoms with E-state index in [4.69, 9.17) is 4.74 Å². The number of likely N-dealkylation sites (N-methyl/N-ethyl adjacent to an activating group) is 1. The molecule has 1 amide bonds. The van der Waals surface area contributed by atoms with Crippen LogP contribution in [0.25, 0.3) is 0 Å². The Kier molecular flexibility index (Phi) is 6.11. The van der Waals surface area contributed by atoms with Gasteiger partial charge in [-0.3, -0.25) is 9.59 Å². The van der Waals surface area contributed by atoms with Gasteiger partial charge in [-0.1, -0.05) is 0 Å². The fraction of sp³-hybridized carbons (Fsp3) is 0.647. The molecule has 0 aliphatic carbocycles. The zero-order chi connectivity index (χ0) is 17.7. The van der Waals surface area contributed by atoms with Crippen LogP contribution in [-0.4, -0.2) is 60.0 Å². The minimum absolute atomic E-state index is 0.0192. The number of hydrogen-bond acceptors (Lipinski definition) is 6. The fourth-order valence-electron chi connectivity index (χ4n) is 2.91. The fourth-order valence-corrected chi connectivity index (χ4v) is 2.91. The van der Waals surface area contributed by atoms with Crippen molar-refractivity contribution in [2.75, 3.05) is 38.2 Å². The number of amides is 1. The number of hydrogen-bond donors (Lipinski definition) is 0. The van der Waals surface area contributed by atoms with Gasteiger partial charge in [-0.05, 0) is 39.7 Å². The molecule has 1 atom stereocenters.